The molecule has 0 saturated carbocycles. The minimum Gasteiger partial charge on any atom is -0.192 e. The summed E-state index contributed by atoms with van der Waals surface area (Å²) in [5.74, 6) is 0. The lowest BCUT2D eigenvalue weighted by Crippen LogP contribution is -1.78. The summed E-state index contributed by atoms with van der Waals surface area (Å²) in [5, 5.41) is 17.6. The molecule has 2 nitrogen and oxygen atoms in total. The number of allylic oxidation sites excluding steroid dienone is 1. The molecular formula is C10H4BrClN2. The summed E-state index contributed by atoms with van der Waals surface area (Å²) in [6.45, 7) is 0. The second-order valence-corrected chi connectivity index (χ2v) is 3.77. The Hall–Kier alpha value is -1.29. The second-order valence-electron chi connectivity index (χ2n) is 2.45. The number of halogens is 2. The Morgan fingerprint density at radius 3 is 2.57 bits per heavy atom. The first-order valence-electron chi connectivity index (χ1n) is 3.64. The van der Waals surface area contributed by atoms with Gasteiger partial charge >= 0.3 is 0 Å². The molecule has 0 saturated heterocycles. The van der Waals surface area contributed by atoms with Gasteiger partial charge in [-0.3, -0.25) is 0 Å². The Morgan fingerprint density at radius 2 is 2.00 bits per heavy atom. The van der Waals surface area contributed by atoms with Crippen molar-refractivity contribution in [1.29, 1.82) is 10.5 Å². The number of rotatable bonds is 1. The monoisotopic (exact) mass is 266 g/mol. The van der Waals surface area contributed by atoms with E-state index >= 15 is 0 Å². The Balaban J connectivity index is 3.22. The van der Waals surface area contributed by atoms with Crippen molar-refractivity contribution in [1.82, 2.24) is 0 Å². The maximum atomic E-state index is 8.55. The fourth-order valence-corrected chi connectivity index (χ4v) is 1.42. The van der Waals surface area contributed by atoms with Gasteiger partial charge in [0.15, 0.2) is 0 Å². The van der Waals surface area contributed by atoms with Crippen LogP contribution >= 0.6 is 27.5 Å². The molecule has 1 aromatic carbocycles. The van der Waals surface area contributed by atoms with Crippen molar-refractivity contribution in [2.24, 2.45) is 0 Å². The van der Waals surface area contributed by atoms with Crippen molar-refractivity contribution in [2.75, 3.05) is 0 Å². The van der Waals surface area contributed by atoms with E-state index in [0.717, 1.165) is 4.47 Å². The van der Waals surface area contributed by atoms with Crippen LogP contribution in [-0.2, 0) is 0 Å². The molecule has 0 amide bonds. The third-order valence-corrected chi connectivity index (χ3v) is 2.34. The molecule has 0 heterocycles. The Morgan fingerprint density at radius 1 is 1.36 bits per heavy atom. The number of benzene rings is 1. The zero-order valence-electron chi connectivity index (χ0n) is 6.96. The maximum absolute atomic E-state index is 8.55. The van der Waals surface area contributed by atoms with Crippen LogP contribution in [0.15, 0.2) is 28.2 Å². The minimum atomic E-state index is 0.0324. The molecule has 0 spiro atoms. The lowest BCUT2D eigenvalue weighted by Gasteiger charge is -1.98. The number of nitrogens with zero attached hydrogens (tertiary/aromatic N) is 2. The van der Waals surface area contributed by atoms with Crippen molar-refractivity contribution in [3.63, 3.8) is 0 Å². The number of nitriles is 2. The van der Waals surface area contributed by atoms with Crippen molar-refractivity contribution in [3.05, 3.63) is 38.8 Å². The van der Waals surface area contributed by atoms with Crippen LogP contribution in [0, 0.1) is 22.7 Å². The molecule has 0 aliphatic rings. The fourth-order valence-electron chi connectivity index (χ4n) is 0.870. The zero-order chi connectivity index (χ0) is 10.6. The van der Waals surface area contributed by atoms with Gasteiger partial charge in [-0.1, -0.05) is 27.5 Å². The number of hydrogen-bond acceptors (Lipinski definition) is 2. The van der Waals surface area contributed by atoms with Crippen molar-refractivity contribution >= 4 is 33.6 Å². The normalized spacial score (nSPS) is 8.57. The van der Waals surface area contributed by atoms with E-state index < -0.39 is 0 Å². The largest absolute Gasteiger partial charge is 0.192 e. The van der Waals surface area contributed by atoms with E-state index in [1.807, 2.05) is 0 Å². The first kappa shape index (κ1) is 10.8. The van der Waals surface area contributed by atoms with Gasteiger partial charge in [0.05, 0.1) is 0 Å². The summed E-state index contributed by atoms with van der Waals surface area (Å²) in [6, 6.07) is 8.78. The molecule has 0 aliphatic carbocycles. The van der Waals surface area contributed by atoms with Gasteiger partial charge in [0.2, 0.25) is 0 Å². The van der Waals surface area contributed by atoms with Crippen molar-refractivity contribution in [2.45, 2.75) is 0 Å². The average molecular weight is 268 g/mol. The van der Waals surface area contributed by atoms with Crippen LogP contribution in [0.2, 0.25) is 5.02 Å². The SMILES string of the molecule is N#CC(C#N)=Cc1cc(Br)ccc1Cl. The smallest absolute Gasteiger partial charge is 0.130 e. The third-order valence-electron chi connectivity index (χ3n) is 1.50. The molecule has 0 radical (unpaired) electrons. The minimum absolute atomic E-state index is 0.0324. The summed E-state index contributed by atoms with van der Waals surface area (Å²) in [5.41, 5.74) is 0.684. The first-order chi connectivity index (χ1) is 6.67. The standard InChI is InChI=1S/C10H4BrClN2/c11-9-1-2-10(12)8(4-9)3-7(5-13)6-14/h1-4H. The highest BCUT2D eigenvalue weighted by atomic mass is 79.9. The number of hydrogen-bond donors (Lipinski definition) is 0. The summed E-state index contributed by atoms with van der Waals surface area (Å²) in [7, 11) is 0. The van der Waals surface area contributed by atoms with E-state index in [0.29, 0.717) is 10.6 Å². The zero-order valence-corrected chi connectivity index (χ0v) is 9.30. The Bertz CT molecular complexity index is 450. The molecular weight excluding hydrogens is 263 g/mol. The van der Waals surface area contributed by atoms with Gasteiger partial charge in [0.25, 0.3) is 0 Å². The molecule has 0 N–H and O–H groups in total. The molecule has 0 unspecified atom stereocenters. The predicted octanol–water partition coefficient (Wildman–Crippen LogP) is 3.53. The van der Waals surface area contributed by atoms with E-state index in [1.165, 1.54) is 6.08 Å². The van der Waals surface area contributed by atoms with Crippen LogP contribution in [0.5, 0.6) is 0 Å². The predicted molar refractivity (Wildman–Crippen MR) is 58.4 cm³/mol. The lowest BCUT2D eigenvalue weighted by atomic mass is 10.1. The molecule has 0 bridgehead atoms. The molecule has 1 aromatic rings. The van der Waals surface area contributed by atoms with Gasteiger partial charge in [-0.25, -0.2) is 0 Å². The van der Waals surface area contributed by atoms with E-state index in [-0.39, 0.29) is 5.57 Å². The fraction of sp³-hybridized carbons (Fsp3) is 0. The summed E-state index contributed by atoms with van der Waals surface area (Å²) >= 11 is 9.15. The van der Waals surface area contributed by atoms with E-state index in [1.54, 1.807) is 30.3 Å². The highest BCUT2D eigenvalue weighted by Crippen LogP contribution is 2.22. The van der Waals surface area contributed by atoms with Gasteiger partial charge < -0.3 is 0 Å². The molecule has 1 rings (SSSR count). The van der Waals surface area contributed by atoms with E-state index in [9.17, 15) is 0 Å². The third kappa shape index (κ3) is 2.60. The summed E-state index contributed by atoms with van der Waals surface area (Å²) < 4.78 is 0.850. The molecule has 4 heteroatoms. The van der Waals surface area contributed by atoms with Crippen LogP contribution in [0.3, 0.4) is 0 Å². The average Bonchev–Trinajstić information content (AvgIpc) is 2.19. The molecule has 0 aliphatic heterocycles. The Labute approximate surface area is 95.2 Å². The summed E-state index contributed by atoms with van der Waals surface area (Å²) in [4.78, 5) is 0. The second kappa shape index (κ2) is 4.81. The van der Waals surface area contributed by atoms with E-state index in [4.69, 9.17) is 22.1 Å². The molecule has 0 atom stereocenters. The van der Waals surface area contributed by atoms with Gasteiger partial charge in [-0.2, -0.15) is 10.5 Å². The first-order valence-corrected chi connectivity index (χ1v) is 4.81. The highest BCUT2D eigenvalue weighted by Gasteiger charge is 2.00. The maximum Gasteiger partial charge on any atom is 0.130 e. The van der Waals surface area contributed by atoms with Gasteiger partial charge in [0.1, 0.15) is 17.7 Å². The van der Waals surface area contributed by atoms with Crippen LogP contribution in [-0.4, -0.2) is 0 Å². The van der Waals surface area contributed by atoms with Crippen molar-refractivity contribution < 1.29 is 0 Å². The van der Waals surface area contributed by atoms with Gasteiger partial charge in [-0.05, 0) is 29.8 Å². The van der Waals surface area contributed by atoms with Gasteiger partial charge in [-0.15, -0.1) is 0 Å². The molecule has 0 fully saturated rings. The molecule has 14 heavy (non-hydrogen) atoms. The van der Waals surface area contributed by atoms with E-state index in [2.05, 4.69) is 15.9 Å². The highest BCUT2D eigenvalue weighted by molar-refractivity contribution is 9.10. The van der Waals surface area contributed by atoms with Crippen molar-refractivity contribution in [3.8, 4) is 12.1 Å². The van der Waals surface area contributed by atoms with Crippen LogP contribution in [0.25, 0.3) is 6.08 Å². The van der Waals surface area contributed by atoms with Crippen LogP contribution in [0.4, 0.5) is 0 Å². The van der Waals surface area contributed by atoms with Gasteiger partial charge in [0, 0.05) is 9.50 Å². The molecule has 0 aromatic heterocycles. The topological polar surface area (TPSA) is 47.6 Å². The van der Waals surface area contributed by atoms with Crippen LogP contribution in [0.1, 0.15) is 5.56 Å². The van der Waals surface area contributed by atoms with Crippen LogP contribution < -0.4 is 0 Å². The summed E-state index contributed by atoms with van der Waals surface area (Å²) in [6.07, 6.45) is 1.45. The Kier molecular flexibility index (Phi) is 3.71. The quantitative estimate of drug-likeness (QED) is 0.731. The molecule has 68 valence electrons. The lowest BCUT2D eigenvalue weighted by molar-refractivity contribution is 1.47.